The molecule has 3 heteroatoms. The summed E-state index contributed by atoms with van der Waals surface area (Å²) in [7, 11) is 0. The highest BCUT2D eigenvalue weighted by Gasteiger charge is 2.26. The lowest BCUT2D eigenvalue weighted by Gasteiger charge is -2.17. The minimum absolute atomic E-state index is 0.232. The van der Waals surface area contributed by atoms with Crippen molar-refractivity contribution in [3.63, 3.8) is 0 Å². The number of hydrogen-bond acceptors (Lipinski definition) is 2. The van der Waals surface area contributed by atoms with Crippen LogP contribution in [0.25, 0.3) is 6.08 Å². The third-order valence-electron chi connectivity index (χ3n) is 3.73. The van der Waals surface area contributed by atoms with Gasteiger partial charge in [-0.05, 0) is 29.7 Å². The quantitative estimate of drug-likeness (QED) is 0.859. The third-order valence-corrected chi connectivity index (χ3v) is 3.73. The largest absolute Gasteiger partial charge is 0.365 e. The van der Waals surface area contributed by atoms with Gasteiger partial charge in [0.2, 0.25) is 5.91 Å². The molecule has 1 aliphatic carbocycles. The number of unbranched alkanes of at least 4 members (excludes halogenated alkanes) is 1. The van der Waals surface area contributed by atoms with Gasteiger partial charge in [-0.1, -0.05) is 31.6 Å². The van der Waals surface area contributed by atoms with Crippen LogP contribution in [-0.4, -0.2) is 12.5 Å². The van der Waals surface area contributed by atoms with Crippen LogP contribution in [-0.2, 0) is 11.2 Å². The summed E-state index contributed by atoms with van der Waals surface area (Å²) in [5.74, 6) is 0.232. The number of nitrogens with zero attached hydrogens (tertiary/aromatic N) is 1. The lowest BCUT2D eigenvalue weighted by atomic mass is 10.1. The zero-order valence-corrected chi connectivity index (χ0v) is 11.9. The van der Waals surface area contributed by atoms with Crippen LogP contribution in [0.15, 0.2) is 36.2 Å². The summed E-state index contributed by atoms with van der Waals surface area (Å²) in [6, 6.07) is 6.28. The zero-order valence-electron chi connectivity index (χ0n) is 11.9. The Balaban J connectivity index is 1.76. The summed E-state index contributed by atoms with van der Waals surface area (Å²) in [6.07, 6.45) is 9.97. The number of fused-ring (bicyclic) bond motifs is 1. The standard InChI is InChI=1S/C17H20N2O/c1-2-3-10-19-16-11-13(8-9-18-15-6-7-15)4-5-14(16)12-17(19)20/h4-6,8-9,11,18H,2-3,7,10,12H2,1H3. The molecule has 1 heterocycles. The molecule has 0 atom stereocenters. The number of nitrogens with one attached hydrogen (secondary N) is 1. The molecule has 20 heavy (non-hydrogen) atoms. The molecule has 0 bridgehead atoms. The molecule has 0 radical (unpaired) electrons. The van der Waals surface area contributed by atoms with Gasteiger partial charge in [-0.2, -0.15) is 0 Å². The van der Waals surface area contributed by atoms with Crippen molar-refractivity contribution in [2.45, 2.75) is 32.6 Å². The second-order valence-electron chi connectivity index (χ2n) is 5.38. The molecule has 1 aliphatic heterocycles. The van der Waals surface area contributed by atoms with E-state index in [1.54, 1.807) is 0 Å². The predicted molar refractivity (Wildman–Crippen MR) is 82.3 cm³/mol. The molecule has 1 amide bonds. The average Bonchev–Trinajstić information content (AvgIpc) is 3.20. The number of carbonyl (C=O) groups is 1. The van der Waals surface area contributed by atoms with Gasteiger partial charge in [0.15, 0.2) is 0 Å². The molecule has 1 aromatic carbocycles. The molecule has 0 unspecified atom stereocenters. The molecule has 1 N–H and O–H groups in total. The van der Waals surface area contributed by atoms with Gasteiger partial charge in [0.1, 0.15) is 0 Å². The molecule has 0 saturated heterocycles. The van der Waals surface area contributed by atoms with Crippen LogP contribution in [0.3, 0.4) is 0 Å². The molecule has 0 spiro atoms. The van der Waals surface area contributed by atoms with Crippen LogP contribution in [0.4, 0.5) is 5.69 Å². The van der Waals surface area contributed by atoms with Gasteiger partial charge in [-0.15, -0.1) is 0 Å². The van der Waals surface area contributed by atoms with Crippen LogP contribution < -0.4 is 10.2 Å². The minimum Gasteiger partial charge on any atom is -0.365 e. The Kier molecular flexibility index (Phi) is 3.59. The van der Waals surface area contributed by atoms with E-state index in [1.807, 2.05) is 11.1 Å². The normalized spacial score (nSPS) is 16.6. The average molecular weight is 268 g/mol. The first kappa shape index (κ1) is 13.0. The Bertz CT molecular complexity index is 587. The van der Waals surface area contributed by atoms with Crippen LogP contribution in [0.1, 0.15) is 37.3 Å². The number of amides is 1. The van der Waals surface area contributed by atoms with Crippen molar-refractivity contribution in [3.8, 4) is 0 Å². The highest BCUT2D eigenvalue weighted by Crippen LogP contribution is 2.30. The molecule has 0 fully saturated rings. The maximum absolute atomic E-state index is 12.0. The highest BCUT2D eigenvalue weighted by molar-refractivity contribution is 6.01. The van der Waals surface area contributed by atoms with E-state index in [0.717, 1.165) is 42.6 Å². The smallest absolute Gasteiger partial charge is 0.231 e. The van der Waals surface area contributed by atoms with Crippen molar-refractivity contribution in [1.82, 2.24) is 5.32 Å². The van der Waals surface area contributed by atoms with Crippen LogP contribution in [0.5, 0.6) is 0 Å². The van der Waals surface area contributed by atoms with Gasteiger partial charge in [0.25, 0.3) is 0 Å². The Labute approximate surface area is 120 Å². The maximum atomic E-state index is 12.0. The molecule has 3 nitrogen and oxygen atoms in total. The van der Waals surface area contributed by atoms with Gasteiger partial charge in [0.05, 0.1) is 6.42 Å². The molecule has 2 aliphatic rings. The fraction of sp³-hybridized carbons (Fsp3) is 0.353. The summed E-state index contributed by atoms with van der Waals surface area (Å²) in [6.45, 7) is 2.99. The molecule has 0 saturated carbocycles. The van der Waals surface area contributed by atoms with Crippen molar-refractivity contribution < 1.29 is 4.79 Å². The highest BCUT2D eigenvalue weighted by atomic mass is 16.2. The number of rotatable bonds is 6. The summed E-state index contributed by atoms with van der Waals surface area (Å²) < 4.78 is 0. The molecule has 0 aromatic heterocycles. The number of hydrogen-bond donors (Lipinski definition) is 1. The monoisotopic (exact) mass is 268 g/mol. The summed E-state index contributed by atoms with van der Waals surface area (Å²) in [5.41, 5.74) is 4.66. The fourth-order valence-corrected chi connectivity index (χ4v) is 2.45. The van der Waals surface area contributed by atoms with Crippen LogP contribution in [0.2, 0.25) is 0 Å². The number of carbonyl (C=O) groups excluding carboxylic acids is 1. The van der Waals surface area contributed by atoms with E-state index in [2.05, 4.69) is 42.6 Å². The van der Waals surface area contributed by atoms with E-state index in [9.17, 15) is 4.79 Å². The van der Waals surface area contributed by atoms with E-state index in [4.69, 9.17) is 0 Å². The molecular weight excluding hydrogens is 248 g/mol. The number of allylic oxidation sites excluding steroid dienone is 2. The Morgan fingerprint density at radius 3 is 3.00 bits per heavy atom. The van der Waals surface area contributed by atoms with Crippen LogP contribution in [0, 0.1) is 0 Å². The summed E-state index contributed by atoms with van der Waals surface area (Å²) in [5, 5.41) is 3.23. The van der Waals surface area contributed by atoms with E-state index in [1.165, 1.54) is 5.70 Å². The summed E-state index contributed by atoms with van der Waals surface area (Å²) >= 11 is 0. The SMILES string of the molecule is CCCCN1C(=O)Cc2ccc(C=CNC3=CC3)cc21. The third kappa shape index (κ3) is 2.77. The van der Waals surface area contributed by atoms with Crippen molar-refractivity contribution in [1.29, 1.82) is 0 Å². The lowest BCUT2D eigenvalue weighted by molar-refractivity contribution is -0.117. The van der Waals surface area contributed by atoms with E-state index < -0.39 is 0 Å². The van der Waals surface area contributed by atoms with E-state index in [-0.39, 0.29) is 5.91 Å². The first-order valence-electron chi connectivity index (χ1n) is 7.33. The molecule has 1 aromatic rings. The molecule has 3 rings (SSSR count). The van der Waals surface area contributed by atoms with Gasteiger partial charge < -0.3 is 10.2 Å². The fourth-order valence-electron chi connectivity index (χ4n) is 2.45. The van der Waals surface area contributed by atoms with E-state index in [0.29, 0.717) is 6.42 Å². The zero-order chi connectivity index (χ0) is 13.9. The molecule has 104 valence electrons. The second-order valence-corrected chi connectivity index (χ2v) is 5.38. The van der Waals surface area contributed by atoms with Crippen LogP contribution >= 0.6 is 0 Å². The van der Waals surface area contributed by atoms with Gasteiger partial charge in [0, 0.05) is 30.5 Å². The molecular formula is C17H20N2O. The lowest BCUT2D eigenvalue weighted by Crippen LogP contribution is -2.27. The van der Waals surface area contributed by atoms with Crippen molar-refractivity contribution in [3.05, 3.63) is 47.3 Å². The Hall–Kier alpha value is -2.03. The predicted octanol–water partition coefficient (Wildman–Crippen LogP) is 3.22. The van der Waals surface area contributed by atoms with Crippen molar-refractivity contribution in [2.75, 3.05) is 11.4 Å². The van der Waals surface area contributed by atoms with Crippen molar-refractivity contribution >= 4 is 17.7 Å². The van der Waals surface area contributed by atoms with Gasteiger partial charge >= 0.3 is 0 Å². The summed E-state index contributed by atoms with van der Waals surface area (Å²) in [4.78, 5) is 14.0. The Morgan fingerprint density at radius 1 is 1.40 bits per heavy atom. The van der Waals surface area contributed by atoms with Gasteiger partial charge in [-0.25, -0.2) is 0 Å². The van der Waals surface area contributed by atoms with Gasteiger partial charge in [-0.3, -0.25) is 4.79 Å². The Morgan fingerprint density at radius 2 is 2.25 bits per heavy atom. The first-order valence-corrected chi connectivity index (χ1v) is 7.33. The number of benzene rings is 1. The topological polar surface area (TPSA) is 32.3 Å². The number of anilines is 1. The maximum Gasteiger partial charge on any atom is 0.231 e. The second kappa shape index (κ2) is 5.53. The first-order chi connectivity index (χ1) is 9.78. The minimum atomic E-state index is 0.232. The van der Waals surface area contributed by atoms with Crippen molar-refractivity contribution in [2.24, 2.45) is 0 Å². The van der Waals surface area contributed by atoms with E-state index >= 15 is 0 Å².